The maximum Gasteiger partial charge on any atom is 0.300 e. The van der Waals surface area contributed by atoms with Gasteiger partial charge in [0.05, 0.1) is 25.4 Å². The van der Waals surface area contributed by atoms with Gasteiger partial charge in [-0.15, -0.1) is 0 Å². The smallest absolute Gasteiger partial charge is 0.300 e. The van der Waals surface area contributed by atoms with E-state index < -0.39 is 26.7 Å². The molecular formula is C18H22N2O6S. The molecule has 1 aliphatic heterocycles. The summed E-state index contributed by atoms with van der Waals surface area (Å²) in [6.07, 6.45) is 0.510. The molecule has 0 aliphatic carbocycles. The SMILES string of the molecule is NC(=O)c1c(O)c(S(=O)(=O)OCCCN2CCOCC2)cc2ccccc12. The largest absolute Gasteiger partial charge is 0.506 e. The van der Waals surface area contributed by atoms with Crippen LogP contribution in [0, 0.1) is 0 Å². The Morgan fingerprint density at radius 1 is 1.26 bits per heavy atom. The Morgan fingerprint density at radius 2 is 1.96 bits per heavy atom. The van der Waals surface area contributed by atoms with E-state index in [-0.39, 0.29) is 12.2 Å². The minimum absolute atomic E-state index is 0.0299. The lowest BCUT2D eigenvalue weighted by Gasteiger charge is -2.26. The van der Waals surface area contributed by atoms with E-state index in [0.29, 0.717) is 37.0 Å². The van der Waals surface area contributed by atoms with Gasteiger partial charge in [0, 0.05) is 19.6 Å². The number of ether oxygens (including phenoxy) is 1. The van der Waals surface area contributed by atoms with Gasteiger partial charge in [0.2, 0.25) is 0 Å². The molecule has 1 saturated heterocycles. The van der Waals surface area contributed by atoms with Crippen LogP contribution < -0.4 is 5.73 Å². The summed E-state index contributed by atoms with van der Waals surface area (Å²) in [5.41, 5.74) is 5.11. The summed E-state index contributed by atoms with van der Waals surface area (Å²) in [6, 6.07) is 7.88. The van der Waals surface area contributed by atoms with E-state index in [0.717, 1.165) is 13.1 Å². The van der Waals surface area contributed by atoms with Crippen LogP contribution in [-0.2, 0) is 19.0 Å². The van der Waals surface area contributed by atoms with Gasteiger partial charge in [0.15, 0.2) is 0 Å². The molecule has 3 rings (SSSR count). The van der Waals surface area contributed by atoms with E-state index in [1.807, 2.05) is 0 Å². The molecule has 0 unspecified atom stereocenters. The third kappa shape index (κ3) is 4.38. The van der Waals surface area contributed by atoms with Crippen molar-refractivity contribution in [1.29, 1.82) is 0 Å². The number of primary amides is 1. The number of nitrogens with zero attached hydrogens (tertiary/aromatic N) is 1. The van der Waals surface area contributed by atoms with E-state index in [1.54, 1.807) is 24.3 Å². The second-order valence-electron chi connectivity index (χ2n) is 6.27. The quantitative estimate of drug-likeness (QED) is 0.532. The normalized spacial score (nSPS) is 15.9. The molecule has 0 atom stereocenters. The molecule has 3 N–H and O–H groups in total. The van der Waals surface area contributed by atoms with Crippen molar-refractivity contribution in [1.82, 2.24) is 4.90 Å². The number of carbonyl (C=O) groups is 1. The summed E-state index contributed by atoms with van der Waals surface area (Å²) in [7, 11) is -4.24. The van der Waals surface area contributed by atoms with Crippen molar-refractivity contribution < 1.29 is 27.2 Å². The molecule has 27 heavy (non-hydrogen) atoms. The van der Waals surface area contributed by atoms with Gasteiger partial charge in [-0.05, 0) is 23.3 Å². The molecule has 0 bridgehead atoms. The van der Waals surface area contributed by atoms with Crippen molar-refractivity contribution in [2.24, 2.45) is 5.73 Å². The maximum absolute atomic E-state index is 12.6. The fourth-order valence-electron chi connectivity index (χ4n) is 3.10. The minimum atomic E-state index is -4.24. The highest BCUT2D eigenvalue weighted by Crippen LogP contribution is 2.34. The molecule has 9 heteroatoms. The van der Waals surface area contributed by atoms with Crippen molar-refractivity contribution >= 4 is 26.8 Å². The van der Waals surface area contributed by atoms with Crippen LogP contribution in [-0.4, -0.2) is 63.8 Å². The second kappa shape index (κ2) is 8.22. The van der Waals surface area contributed by atoms with Crippen LogP contribution in [0.4, 0.5) is 0 Å². The molecule has 1 aliphatic rings. The van der Waals surface area contributed by atoms with Crippen LogP contribution >= 0.6 is 0 Å². The average Bonchev–Trinajstić information content (AvgIpc) is 2.65. The number of aromatic hydroxyl groups is 1. The topological polar surface area (TPSA) is 119 Å². The molecule has 2 aromatic carbocycles. The van der Waals surface area contributed by atoms with Gasteiger partial charge >= 0.3 is 10.1 Å². The molecule has 0 radical (unpaired) electrons. The highest BCUT2D eigenvalue weighted by molar-refractivity contribution is 7.86. The first-order valence-electron chi connectivity index (χ1n) is 8.64. The molecule has 0 spiro atoms. The summed E-state index contributed by atoms with van der Waals surface area (Å²) < 4.78 is 35.4. The Balaban J connectivity index is 1.78. The molecule has 0 aromatic heterocycles. The van der Waals surface area contributed by atoms with Gasteiger partial charge in [0.1, 0.15) is 10.6 Å². The number of fused-ring (bicyclic) bond motifs is 1. The second-order valence-corrected chi connectivity index (χ2v) is 7.85. The van der Waals surface area contributed by atoms with Crippen molar-refractivity contribution in [3.05, 3.63) is 35.9 Å². The van der Waals surface area contributed by atoms with E-state index in [1.165, 1.54) is 6.07 Å². The van der Waals surface area contributed by atoms with Crippen LogP contribution in [0.3, 0.4) is 0 Å². The average molecular weight is 394 g/mol. The van der Waals surface area contributed by atoms with Crippen molar-refractivity contribution in [2.75, 3.05) is 39.5 Å². The van der Waals surface area contributed by atoms with Crippen LogP contribution in [0.5, 0.6) is 5.75 Å². The van der Waals surface area contributed by atoms with Gasteiger partial charge < -0.3 is 15.6 Å². The first kappa shape index (κ1) is 19.6. The molecule has 8 nitrogen and oxygen atoms in total. The van der Waals surface area contributed by atoms with E-state index in [9.17, 15) is 18.3 Å². The summed E-state index contributed by atoms with van der Waals surface area (Å²) in [5.74, 6) is -1.59. The van der Waals surface area contributed by atoms with Gasteiger partial charge in [-0.1, -0.05) is 24.3 Å². The number of hydrogen-bond donors (Lipinski definition) is 2. The highest BCUT2D eigenvalue weighted by Gasteiger charge is 2.26. The zero-order valence-electron chi connectivity index (χ0n) is 14.8. The van der Waals surface area contributed by atoms with Gasteiger partial charge in [-0.25, -0.2) is 0 Å². The Bertz CT molecular complexity index is 938. The lowest BCUT2D eigenvalue weighted by molar-refractivity contribution is 0.0359. The number of amides is 1. The zero-order valence-corrected chi connectivity index (χ0v) is 15.6. The fourth-order valence-corrected chi connectivity index (χ4v) is 4.17. The number of morpholine rings is 1. The third-order valence-corrected chi connectivity index (χ3v) is 5.79. The van der Waals surface area contributed by atoms with Crippen LogP contribution in [0.15, 0.2) is 35.2 Å². The van der Waals surface area contributed by atoms with Gasteiger partial charge in [-0.3, -0.25) is 13.9 Å². The fraction of sp³-hybridized carbons (Fsp3) is 0.389. The number of benzene rings is 2. The van der Waals surface area contributed by atoms with Crippen LogP contribution in [0.25, 0.3) is 10.8 Å². The number of hydrogen-bond acceptors (Lipinski definition) is 7. The van der Waals surface area contributed by atoms with Crippen molar-refractivity contribution in [3.8, 4) is 5.75 Å². The Hall–Kier alpha value is -2.20. The number of rotatable bonds is 7. The molecule has 0 saturated carbocycles. The molecule has 1 amide bonds. The third-order valence-electron chi connectivity index (χ3n) is 4.46. The maximum atomic E-state index is 12.6. The van der Waals surface area contributed by atoms with Crippen LogP contribution in [0.1, 0.15) is 16.8 Å². The Labute approximate surface area is 157 Å². The molecule has 1 fully saturated rings. The number of nitrogens with two attached hydrogens (primary N) is 1. The number of phenols is 1. The minimum Gasteiger partial charge on any atom is -0.506 e. The van der Waals surface area contributed by atoms with Gasteiger partial charge in [0.25, 0.3) is 5.91 Å². The zero-order chi connectivity index (χ0) is 19.4. The lowest BCUT2D eigenvalue weighted by atomic mass is 10.0. The first-order chi connectivity index (χ1) is 12.9. The molecule has 146 valence electrons. The molecule has 1 heterocycles. The molecule has 2 aromatic rings. The predicted molar refractivity (Wildman–Crippen MR) is 99.1 cm³/mol. The lowest BCUT2D eigenvalue weighted by Crippen LogP contribution is -2.37. The van der Waals surface area contributed by atoms with Gasteiger partial charge in [-0.2, -0.15) is 8.42 Å². The van der Waals surface area contributed by atoms with Crippen molar-refractivity contribution in [3.63, 3.8) is 0 Å². The summed E-state index contributed by atoms with van der Waals surface area (Å²) in [5, 5.41) is 11.2. The Morgan fingerprint density at radius 3 is 2.67 bits per heavy atom. The van der Waals surface area contributed by atoms with Crippen molar-refractivity contribution in [2.45, 2.75) is 11.3 Å². The Kier molecular flexibility index (Phi) is 5.95. The first-order valence-corrected chi connectivity index (χ1v) is 10.0. The van der Waals surface area contributed by atoms with E-state index in [4.69, 9.17) is 14.7 Å². The summed E-state index contributed by atoms with van der Waals surface area (Å²) in [6.45, 7) is 3.60. The molecular weight excluding hydrogens is 372 g/mol. The number of carbonyl (C=O) groups excluding carboxylic acids is 1. The highest BCUT2D eigenvalue weighted by atomic mass is 32.2. The standard InChI is InChI=1S/C18H22N2O6S/c19-18(22)16-14-5-2-1-4-13(14)12-15(17(16)21)27(23,24)26-9-3-6-20-7-10-25-11-8-20/h1-2,4-5,12,21H,3,6-11H2,(H2,19,22). The predicted octanol–water partition coefficient (Wildman–Crippen LogP) is 1.07. The summed E-state index contributed by atoms with van der Waals surface area (Å²) in [4.78, 5) is 13.5. The van der Waals surface area contributed by atoms with E-state index >= 15 is 0 Å². The van der Waals surface area contributed by atoms with Crippen LogP contribution in [0.2, 0.25) is 0 Å². The monoisotopic (exact) mass is 394 g/mol. The van der Waals surface area contributed by atoms with E-state index in [2.05, 4.69) is 4.90 Å². The summed E-state index contributed by atoms with van der Waals surface area (Å²) >= 11 is 0.